The Morgan fingerprint density at radius 3 is 2.07 bits per heavy atom. The Bertz CT molecular complexity index is 933. The summed E-state index contributed by atoms with van der Waals surface area (Å²) in [5, 5.41) is 2.85. The van der Waals surface area contributed by atoms with Crippen LogP contribution in [-0.4, -0.2) is 56.3 Å². The van der Waals surface area contributed by atoms with Crippen LogP contribution in [0.3, 0.4) is 0 Å². The standard InChI is InChI=1S/C23H31N3O3S/c1-3-19-5-7-20(8-6-19)9-14-23(27)24-21-10-12-22(13-11-21)30(28,29)26-17-15-25(4-2)16-18-26/h5-8,10-13H,3-4,9,14-18H2,1-2H3,(H,24,27). The first-order chi connectivity index (χ1) is 14.4. The fraction of sp³-hybridized carbons (Fsp3) is 0.435. The number of aryl methyl sites for hydroxylation is 2. The number of carbonyl (C=O) groups excluding carboxylic acids is 1. The summed E-state index contributed by atoms with van der Waals surface area (Å²) < 4.78 is 27.2. The molecule has 3 rings (SSSR count). The quantitative estimate of drug-likeness (QED) is 0.700. The topological polar surface area (TPSA) is 69.7 Å². The SMILES string of the molecule is CCc1ccc(CCC(=O)Nc2ccc(S(=O)(=O)N3CCN(CC)CC3)cc2)cc1. The van der Waals surface area contributed by atoms with E-state index in [0.717, 1.165) is 31.6 Å². The molecule has 2 aromatic rings. The monoisotopic (exact) mass is 429 g/mol. The molecule has 0 radical (unpaired) electrons. The van der Waals surface area contributed by atoms with Crippen molar-refractivity contribution in [2.24, 2.45) is 0 Å². The molecular weight excluding hydrogens is 398 g/mol. The molecule has 6 nitrogen and oxygen atoms in total. The fourth-order valence-electron chi connectivity index (χ4n) is 3.57. The molecule has 1 N–H and O–H groups in total. The Morgan fingerprint density at radius 2 is 1.50 bits per heavy atom. The van der Waals surface area contributed by atoms with E-state index in [1.54, 1.807) is 24.3 Å². The van der Waals surface area contributed by atoms with Crippen LogP contribution in [0.1, 0.15) is 31.4 Å². The minimum atomic E-state index is -3.50. The van der Waals surface area contributed by atoms with Gasteiger partial charge in [0.15, 0.2) is 0 Å². The summed E-state index contributed by atoms with van der Waals surface area (Å²) in [5.41, 5.74) is 3.02. The molecule has 0 bridgehead atoms. The van der Waals surface area contributed by atoms with Gasteiger partial charge in [0.1, 0.15) is 0 Å². The number of carbonyl (C=O) groups is 1. The van der Waals surface area contributed by atoms with E-state index in [4.69, 9.17) is 0 Å². The normalized spacial score (nSPS) is 15.8. The number of nitrogens with one attached hydrogen (secondary N) is 1. The number of anilines is 1. The highest BCUT2D eigenvalue weighted by Gasteiger charge is 2.27. The van der Waals surface area contributed by atoms with Crippen molar-refractivity contribution in [1.29, 1.82) is 0 Å². The Kier molecular flexibility index (Phi) is 7.64. The molecule has 1 aliphatic rings. The molecule has 162 valence electrons. The maximum Gasteiger partial charge on any atom is 0.243 e. The van der Waals surface area contributed by atoms with Gasteiger partial charge >= 0.3 is 0 Å². The van der Waals surface area contributed by atoms with Gasteiger partial charge in [-0.15, -0.1) is 0 Å². The first-order valence-corrected chi connectivity index (χ1v) is 12.1. The second-order valence-electron chi connectivity index (χ2n) is 7.58. The van der Waals surface area contributed by atoms with Crippen molar-refractivity contribution in [3.05, 3.63) is 59.7 Å². The van der Waals surface area contributed by atoms with Crippen molar-refractivity contribution < 1.29 is 13.2 Å². The van der Waals surface area contributed by atoms with Gasteiger partial charge in [0, 0.05) is 38.3 Å². The Hall–Kier alpha value is -2.22. The average molecular weight is 430 g/mol. The zero-order valence-corrected chi connectivity index (χ0v) is 18.6. The third-order valence-corrected chi connectivity index (χ3v) is 7.54. The van der Waals surface area contributed by atoms with Crippen molar-refractivity contribution in [2.45, 2.75) is 38.0 Å². The first kappa shape index (κ1) is 22.5. The van der Waals surface area contributed by atoms with Gasteiger partial charge in [-0.2, -0.15) is 4.31 Å². The minimum absolute atomic E-state index is 0.0825. The first-order valence-electron chi connectivity index (χ1n) is 10.6. The summed E-state index contributed by atoms with van der Waals surface area (Å²) in [6.45, 7) is 7.66. The molecule has 7 heteroatoms. The van der Waals surface area contributed by atoms with Crippen molar-refractivity contribution >= 4 is 21.6 Å². The number of benzene rings is 2. The molecule has 0 spiro atoms. The second-order valence-corrected chi connectivity index (χ2v) is 9.52. The lowest BCUT2D eigenvalue weighted by molar-refractivity contribution is -0.116. The van der Waals surface area contributed by atoms with E-state index >= 15 is 0 Å². The zero-order valence-electron chi connectivity index (χ0n) is 17.8. The predicted molar refractivity (Wildman–Crippen MR) is 120 cm³/mol. The second kappa shape index (κ2) is 10.2. The molecule has 0 unspecified atom stereocenters. The summed E-state index contributed by atoms with van der Waals surface area (Å²) in [6, 6.07) is 14.8. The highest BCUT2D eigenvalue weighted by molar-refractivity contribution is 7.89. The van der Waals surface area contributed by atoms with E-state index in [1.807, 2.05) is 0 Å². The van der Waals surface area contributed by atoms with Gasteiger partial charge in [-0.25, -0.2) is 8.42 Å². The van der Waals surface area contributed by atoms with Crippen LogP contribution >= 0.6 is 0 Å². The predicted octanol–water partition coefficient (Wildman–Crippen LogP) is 3.15. The Labute approximate surface area is 179 Å². The Morgan fingerprint density at radius 1 is 0.900 bits per heavy atom. The number of likely N-dealkylation sites (N-methyl/N-ethyl adjacent to an activating group) is 1. The molecule has 0 saturated carbocycles. The zero-order chi connectivity index (χ0) is 21.6. The van der Waals surface area contributed by atoms with E-state index in [-0.39, 0.29) is 10.8 Å². The Balaban J connectivity index is 1.53. The van der Waals surface area contributed by atoms with Crippen molar-refractivity contribution in [3.63, 3.8) is 0 Å². The highest BCUT2D eigenvalue weighted by Crippen LogP contribution is 2.20. The summed E-state index contributed by atoms with van der Waals surface area (Å²) in [6.07, 6.45) is 2.06. The molecule has 30 heavy (non-hydrogen) atoms. The fourth-order valence-corrected chi connectivity index (χ4v) is 4.99. The van der Waals surface area contributed by atoms with Crippen LogP contribution in [0.5, 0.6) is 0 Å². The number of hydrogen-bond acceptors (Lipinski definition) is 4. The van der Waals surface area contributed by atoms with Gasteiger partial charge in [-0.1, -0.05) is 38.1 Å². The molecule has 0 aromatic heterocycles. The molecule has 1 heterocycles. The molecule has 1 saturated heterocycles. The minimum Gasteiger partial charge on any atom is -0.326 e. The molecule has 1 fully saturated rings. The molecule has 1 amide bonds. The van der Waals surface area contributed by atoms with Crippen LogP contribution in [0.15, 0.2) is 53.4 Å². The molecule has 0 aliphatic carbocycles. The van der Waals surface area contributed by atoms with Gasteiger partial charge in [0.25, 0.3) is 0 Å². The van der Waals surface area contributed by atoms with Crippen molar-refractivity contribution in [2.75, 3.05) is 38.0 Å². The van der Waals surface area contributed by atoms with Crippen molar-refractivity contribution in [1.82, 2.24) is 9.21 Å². The molecule has 0 atom stereocenters. The number of amides is 1. The highest BCUT2D eigenvalue weighted by atomic mass is 32.2. The van der Waals surface area contributed by atoms with E-state index in [2.05, 4.69) is 48.3 Å². The maximum absolute atomic E-state index is 12.8. The van der Waals surface area contributed by atoms with Gasteiger partial charge in [0.2, 0.25) is 15.9 Å². The van der Waals surface area contributed by atoms with Gasteiger partial charge in [-0.3, -0.25) is 4.79 Å². The lowest BCUT2D eigenvalue weighted by atomic mass is 10.1. The number of hydrogen-bond donors (Lipinski definition) is 1. The largest absolute Gasteiger partial charge is 0.326 e. The third-order valence-electron chi connectivity index (χ3n) is 5.63. The van der Waals surface area contributed by atoms with Gasteiger partial charge < -0.3 is 10.2 Å². The summed E-state index contributed by atoms with van der Waals surface area (Å²) in [5.74, 6) is -0.0825. The van der Waals surface area contributed by atoms with E-state index in [1.165, 1.54) is 9.87 Å². The van der Waals surface area contributed by atoms with Crippen LogP contribution < -0.4 is 5.32 Å². The summed E-state index contributed by atoms with van der Waals surface area (Å²) in [7, 11) is -3.50. The summed E-state index contributed by atoms with van der Waals surface area (Å²) in [4.78, 5) is 14.8. The van der Waals surface area contributed by atoms with Crippen LogP contribution in [-0.2, 0) is 27.7 Å². The van der Waals surface area contributed by atoms with E-state index in [9.17, 15) is 13.2 Å². The smallest absolute Gasteiger partial charge is 0.243 e. The van der Waals surface area contributed by atoms with Crippen LogP contribution in [0.4, 0.5) is 5.69 Å². The average Bonchev–Trinajstić information content (AvgIpc) is 2.78. The number of rotatable bonds is 8. The molecule has 1 aliphatic heterocycles. The van der Waals surface area contributed by atoms with E-state index in [0.29, 0.717) is 31.6 Å². The molecular formula is C23H31N3O3S. The lowest BCUT2D eigenvalue weighted by Crippen LogP contribution is -2.48. The van der Waals surface area contributed by atoms with Gasteiger partial charge in [-0.05, 0) is 54.8 Å². The third kappa shape index (κ3) is 5.68. The van der Waals surface area contributed by atoms with Crippen LogP contribution in [0.25, 0.3) is 0 Å². The number of sulfonamides is 1. The van der Waals surface area contributed by atoms with Crippen LogP contribution in [0, 0.1) is 0 Å². The van der Waals surface area contributed by atoms with Crippen molar-refractivity contribution in [3.8, 4) is 0 Å². The van der Waals surface area contributed by atoms with E-state index < -0.39 is 10.0 Å². The molecule has 2 aromatic carbocycles. The van der Waals surface area contributed by atoms with Crippen LogP contribution in [0.2, 0.25) is 0 Å². The summed E-state index contributed by atoms with van der Waals surface area (Å²) >= 11 is 0. The van der Waals surface area contributed by atoms with Gasteiger partial charge in [0.05, 0.1) is 4.90 Å². The number of nitrogens with zero attached hydrogens (tertiary/aromatic N) is 2. The lowest BCUT2D eigenvalue weighted by Gasteiger charge is -2.33. The maximum atomic E-state index is 12.8. The number of piperazine rings is 1.